The first kappa shape index (κ1) is 23.6. The fourth-order valence-corrected chi connectivity index (χ4v) is 3.61. The Morgan fingerprint density at radius 2 is 1.55 bits per heavy atom. The predicted molar refractivity (Wildman–Crippen MR) is 122 cm³/mol. The van der Waals surface area contributed by atoms with Crippen LogP contribution in [-0.2, 0) is 9.84 Å². The van der Waals surface area contributed by atoms with Crippen molar-refractivity contribution in [2.45, 2.75) is 11.8 Å². The number of aryl methyl sites for hydroxylation is 1. The lowest BCUT2D eigenvalue weighted by molar-refractivity contribution is -0.385. The van der Waals surface area contributed by atoms with Crippen LogP contribution in [0.25, 0.3) is 0 Å². The molecule has 0 heterocycles. The van der Waals surface area contributed by atoms with Crippen LogP contribution in [0, 0.1) is 17.0 Å². The summed E-state index contributed by atoms with van der Waals surface area (Å²) in [4.78, 5) is 36.5. The fraction of sp³-hybridized carbons (Fsp3) is 0.130. The summed E-state index contributed by atoms with van der Waals surface area (Å²) in [6.07, 6.45) is 0.883. The lowest BCUT2D eigenvalue weighted by Crippen LogP contribution is -2.26. The van der Waals surface area contributed by atoms with Crippen molar-refractivity contribution >= 4 is 33.1 Å². The Morgan fingerprint density at radius 3 is 2.09 bits per heavy atom. The molecule has 0 saturated carbocycles. The van der Waals surface area contributed by atoms with Crippen molar-refractivity contribution < 1.29 is 27.7 Å². The molecule has 1 amide bonds. The molecule has 0 N–H and O–H groups in total. The third-order valence-electron chi connectivity index (χ3n) is 4.80. The minimum atomic E-state index is -3.79. The number of nitro benzene ring substituents is 1. The molecule has 0 unspecified atom stereocenters. The van der Waals surface area contributed by atoms with Crippen LogP contribution in [0.15, 0.2) is 71.6 Å². The molecule has 0 aliphatic heterocycles. The van der Waals surface area contributed by atoms with Gasteiger partial charge in [-0.05, 0) is 49.4 Å². The molecule has 170 valence electrons. The average molecular weight is 468 g/mol. The number of carbonyl (C=O) groups excluding carboxylic acids is 2. The quantitative estimate of drug-likeness (QED) is 0.233. The molecule has 10 heteroatoms. The van der Waals surface area contributed by atoms with Crippen molar-refractivity contribution in [1.29, 1.82) is 0 Å². The fourth-order valence-electron chi connectivity index (χ4n) is 2.93. The largest absolute Gasteiger partial charge is 0.423 e. The van der Waals surface area contributed by atoms with Gasteiger partial charge in [0.15, 0.2) is 9.84 Å². The molecule has 0 radical (unpaired) electrons. The van der Waals surface area contributed by atoms with Crippen LogP contribution < -0.4 is 9.64 Å². The third-order valence-corrected chi connectivity index (χ3v) is 5.90. The summed E-state index contributed by atoms with van der Waals surface area (Å²) in [6.45, 7) is 1.92. The first-order valence-corrected chi connectivity index (χ1v) is 11.5. The van der Waals surface area contributed by atoms with Gasteiger partial charge >= 0.3 is 5.97 Å². The zero-order valence-electron chi connectivity index (χ0n) is 18.0. The van der Waals surface area contributed by atoms with Gasteiger partial charge in [0.2, 0.25) is 0 Å². The number of hydrogen-bond acceptors (Lipinski definition) is 7. The molecule has 33 heavy (non-hydrogen) atoms. The van der Waals surface area contributed by atoms with Crippen molar-refractivity contribution in [2.24, 2.45) is 0 Å². The number of benzene rings is 3. The van der Waals surface area contributed by atoms with Crippen LogP contribution >= 0.6 is 0 Å². The van der Waals surface area contributed by atoms with Crippen molar-refractivity contribution in [2.75, 3.05) is 18.2 Å². The van der Waals surface area contributed by atoms with E-state index in [1.54, 1.807) is 31.3 Å². The van der Waals surface area contributed by atoms with Gasteiger partial charge in [0.05, 0.1) is 15.4 Å². The van der Waals surface area contributed by atoms with E-state index in [1.807, 2.05) is 19.1 Å². The summed E-state index contributed by atoms with van der Waals surface area (Å²) < 4.78 is 28.9. The summed E-state index contributed by atoms with van der Waals surface area (Å²) >= 11 is 0. The van der Waals surface area contributed by atoms with E-state index in [2.05, 4.69) is 0 Å². The Kier molecular flexibility index (Phi) is 6.59. The summed E-state index contributed by atoms with van der Waals surface area (Å²) in [5, 5.41) is 11.1. The van der Waals surface area contributed by atoms with Crippen molar-refractivity contribution in [3.8, 4) is 5.75 Å². The number of ether oxygens (including phenoxy) is 1. The van der Waals surface area contributed by atoms with Gasteiger partial charge in [-0.3, -0.25) is 14.9 Å². The van der Waals surface area contributed by atoms with Crippen molar-refractivity contribution in [3.63, 3.8) is 0 Å². The van der Waals surface area contributed by atoms with Crippen LogP contribution in [0.1, 0.15) is 26.3 Å². The maximum Gasteiger partial charge on any atom is 0.343 e. The highest BCUT2D eigenvalue weighted by Crippen LogP contribution is 2.24. The van der Waals surface area contributed by atoms with E-state index in [0.717, 1.165) is 30.0 Å². The van der Waals surface area contributed by atoms with E-state index in [9.17, 15) is 28.1 Å². The van der Waals surface area contributed by atoms with E-state index in [0.29, 0.717) is 11.3 Å². The van der Waals surface area contributed by atoms with Crippen molar-refractivity contribution in [1.82, 2.24) is 0 Å². The van der Waals surface area contributed by atoms with Crippen LogP contribution in [0.4, 0.5) is 11.4 Å². The number of amides is 1. The summed E-state index contributed by atoms with van der Waals surface area (Å²) in [5.41, 5.74) is 1.28. The number of non-ortho nitro benzene ring substituents is 1. The number of nitro groups is 1. The number of anilines is 1. The highest BCUT2D eigenvalue weighted by atomic mass is 32.2. The first-order chi connectivity index (χ1) is 15.5. The Morgan fingerprint density at radius 1 is 0.939 bits per heavy atom. The molecule has 3 rings (SSSR count). The molecular formula is C23H20N2O7S. The number of rotatable bonds is 6. The maximum atomic E-state index is 12.6. The second-order valence-corrected chi connectivity index (χ2v) is 9.37. The highest BCUT2D eigenvalue weighted by molar-refractivity contribution is 7.90. The lowest BCUT2D eigenvalue weighted by Gasteiger charge is -2.18. The molecule has 0 spiro atoms. The first-order valence-electron chi connectivity index (χ1n) is 9.62. The minimum Gasteiger partial charge on any atom is -0.423 e. The predicted octanol–water partition coefficient (Wildman–Crippen LogP) is 3.80. The van der Waals surface area contributed by atoms with E-state index in [-0.39, 0.29) is 22.1 Å². The van der Waals surface area contributed by atoms with Gasteiger partial charge in [-0.2, -0.15) is 0 Å². The van der Waals surface area contributed by atoms with Crippen LogP contribution in [0.3, 0.4) is 0 Å². The molecule has 0 bridgehead atoms. The van der Waals surface area contributed by atoms with Gasteiger partial charge in [-0.25, -0.2) is 13.2 Å². The lowest BCUT2D eigenvalue weighted by atomic mass is 10.1. The molecule has 0 fully saturated rings. The number of carbonyl (C=O) groups is 2. The van der Waals surface area contributed by atoms with Crippen LogP contribution in [0.5, 0.6) is 5.75 Å². The Hall–Kier alpha value is -4.05. The van der Waals surface area contributed by atoms with Gasteiger partial charge in [-0.15, -0.1) is 0 Å². The second-order valence-electron chi connectivity index (χ2n) is 7.36. The molecule has 0 aromatic heterocycles. The van der Waals surface area contributed by atoms with E-state index >= 15 is 0 Å². The zero-order chi connectivity index (χ0) is 24.3. The number of esters is 1. The monoisotopic (exact) mass is 468 g/mol. The Balaban J connectivity index is 1.79. The van der Waals surface area contributed by atoms with E-state index in [1.165, 1.54) is 17.0 Å². The second kappa shape index (κ2) is 9.21. The summed E-state index contributed by atoms with van der Waals surface area (Å²) in [7, 11) is -2.18. The van der Waals surface area contributed by atoms with Crippen LogP contribution in [-0.4, -0.2) is 38.5 Å². The molecule has 0 atom stereocenters. The molecule has 0 aliphatic carbocycles. The number of sulfone groups is 1. The minimum absolute atomic E-state index is 0.118. The number of hydrogen-bond donors (Lipinski definition) is 0. The molecular weight excluding hydrogens is 448 g/mol. The third kappa shape index (κ3) is 5.60. The number of nitrogens with zero attached hydrogens (tertiary/aromatic N) is 2. The smallest absolute Gasteiger partial charge is 0.343 e. The SMILES string of the molecule is Cc1ccc(C(=O)N(C)c2ccc(OC(=O)c3cc([N+](=O)[O-])cc(S(C)(=O)=O)c3)cc2)cc1. The van der Waals surface area contributed by atoms with E-state index in [4.69, 9.17) is 4.74 Å². The molecule has 0 aliphatic rings. The summed E-state index contributed by atoms with van der Waals surface area (Å²) in [6, 6.07) is 16.0. The van der Waals surface area contributed by atoms with Gasteiger partial charge in [0.25, 0.3) is 11.6 Å². The Bertz CT molecular complexity index is 1330. The van der Waals surface area contributed by atoms with Gasteiger partial charge in [0.1, 0.15) is 5.75 Å². The normalized spacial score (nSPS) is 11.0. The average Bonchev–Trinajstić information content (AvgIpc) is 2.78. The van der Waals surface area contributed by atoms with Gasteiger partial charge < -0.3 is 9.64 Å². The van der Waals surface area contributed by atoms with Gasteiger partial charge in [-0.1, -0.05) is 17.7 Å². The van der Waals surface area contributed by atoms with Crippen LogP contribution in [0.2, 0.25) is 0 Å². The topological polar surface area (TPSA) is 124 Å². The molecule has 0 saturated heterocycles. The Labute approximate surface area is 190 Å². The van der Waals surface area contributed by atoms with Gasteiger partial charge in [0, 0.05) is 36.7 Å². The molecule has 3 aromatic carbocycles. The molecule has 3 aromatic rings. The maximum absolute atomic E-state index is 12.6. The molecule has 9 nitrogen and oxygen atoms in total. The zero-order valence-corrected chi connectivity index (χ0v) is 18.8. The highest BCUT2D eigenvalue weighted by Gasteiger charge is 2.20. The van der Waals surface area contributed by atoms with E-state index < -0.39 is 26.4 Å². The summed E-state index contributed by atoms with van der Waals surface area (Å²) in [5.74, 6) is -1.06. The van der Waals surface area contributed by atoms with Crippen molar-refractivity contribution in [3.05, 3.63) is 93.5 Å². The standard InChI is InChI=1S/C23H20N2O7S/c1-15-4-6-16(7-5-15)22(26)24(2)18-8-10-20(11-9-18)32-23(27)17-12-19(25(28)29)14-21(13-17)33(3,30)31/h4-14H,1-3H3.